The van der Waals surface area contributed by atoms with Crippen LogP contribution in [-0.2, 0) is 22.6 Å². The Kier molecular flexibility index (Phi) is 6.12. The van der Waals surface area contributed by atoms with Gasteiger partial charge in [0.05, 0.1) is 12.2 Å². The van der Waals surface area contributed by atoms with Crippen LogP contribution in [0.1, 0.15) is 26.5 Å². The second kappa shape index (κ2) is 9.36. The number of nitrogens with one attached hydrogen (secondary N) is 1. The fraction of sp³-hybridized carbons (Fsp3) is 0.208. The van der Waals surface area contributed by atoms with Crippen molar-refractivity contribution in [2.75, 3.05) is 13.4 Å². The molecule has 2 aromatic carbocycles. The van der Waals surface area contributed by atoms with Crippen molar-refractivity contribution in [1.29, 1.82) is 0 Å². The molecule has 1 amide bonds. The second-order valence-electron chi connectivity index (χ2n) is 7.70. The van der Waals surface area contributed by atoms with E-state index in [1.807, 2.05) is 41.9 Å². The van der Waals surface area contributed by atoms with Crippen molar-refractivity contribution in [3.05, 3.63) is 75.3 Å². The molecule has 1 aliphatic rings. The second-order valence-corrected chi connectivity index (χ2v) is 9.14. The number of aryl methyl sites for hydroxylation is 1. The highest BCUT2D eigenvalue weighted by atomic mass is 35.5. The summed E-state index contributed by atoms with van der Waals surface area (Å²) in [5, 5.41) is 8.84. The first-order chi connectivity index (χ1) is 16.5. The van der Waals surface area contributed by atoms with Gasteiger partial charge in [-0.3, -0.25) is 9.48 Å². The molecule has 0 aliphatic carbocycles. The number of nitrogens with zero attached hydrogens (tertiary/aromatic N) is 2. The summed E-state index contributed by atoms with van der Waals surface area (Å²) in [5.41, 5.74) is 2.59. The van der Waals surface area contributed by atoms with E-state index in [2.05, 4.69) is 10.4 Å². The van der Waals surface area contributed by atoms with Crippen LogP contribution >= 0.6 is 22.9 Å². The molecule has 0 spiro atoms. The first-order valence-electron chi connectivity index (χ1n) is 10.5. The quantitative estimate of drug-likeness (QED) is 0.382. The largest absolute Gasteiger partial charge is 0.454 e. The van der Waals surface area contributed by atoms with Gasteiger partial charge in [0.1, 0.15) is 9.71 Å². The molecule has 10 heteroatoms. The molecule has 34 heavy (non-hydrogen) atoms. The molecule has 2 aromatic heterocycles. The Morgan fingerprint density at radius 3 is 2.85 bits per heavy atom. The summed E-state index contributed by atoms with van der Waals surface area (Å²) < 4.78 is 17.7. The summed E-state index contributed by atoms with van der Waals surface area (Å²) in [6.45, 7) is 2.48. The third-order valence-electron chi connectivity index (χ3n) is 5.35. The minimum Gasteiger partial charge on any atom is -0.454 e. The van der Waals surface area contributed by atoms with E-state index in [-0.39, 0.29) is 19.9 Å². The third-order valence-corrected chi connectivity index (χ3v) is 6.84. The molecular weight excluding hydrogens is 478 g/mol. The van der Waals surface area contributed by atoms with Gasteiger partial charge in [0, 0.05) is 17.0 Å². The Hall–Kier alpha value is -3.56. The Bertz CT molecular complexity index is 1400. The predicted octanol–water partition coefficient (Wildman–Crippen LogP) is 4.31. The molecular formula is C24H20ClN3O5S. The molecule has 0 fully saturated rings. The average Bonchev–Trinajstić information content (AvgIpc) is 3.54. The van der Waals surface area contributed by atoms with Gasteiger partial charge in [0.15, 0.2) is 18.1 Å². The van der Waals surface area contributed by atoms with Crippen LogP contribution in [-0.4, -0.2) is 35.1 Å². The van der Waals surface area contributed by atoms with Crippen molar-refractivity contribution < 1.29 is 23.8 Å². The molecule has 1 aliphatic heterocycles. The van der Waals surface area contributed by atoms with Crippen molar-refractivity contribution in [2.45, 2.75) is 20.0 Å². The molecule has 0 unspecified atom stereocenters. The highest BCUT2D eigenvalue weighted by molar-refractivity contribution is 7.20. The number of ether oxygens (including phenoxy) is 3. The SMILES string of the molecule is Cc1nn(Cc2ccccc2Cl)c2sc(C(=O)OCC(=O)NCc3ccc4c(c3)OCO4)cc12. The number of aromatic nitrogens is 2. The van der Waals surface area contributed by atoms with Crippen molar-refractivity contribution in [3.63, 3.8) is 0 Å². The van der Waals surface area contributed by atoms with Gasteiger partial charge in [-0.05, 0) is 42.3 Å². The van der Waals surface area contributed by atoms with Gasteiger partial charge in [-0.25, -0.2) is 4.79 Å². The molecule has 1 N–H and O–H groups in total. The lowest BCUT2D eigenvalue weighted by Gasteiger charge is -2.07. The number of amides is 1. The summed E-state index contributed by atoms with van der Waals surface area (Å²) in [4.78, 5) is 26.0. The summed E-state index contributed by atoms with van der Waals surface area (Å²) in [5.74, 6) is 0.375. The molecule has 5 rings (SSSR count). The van der Waals surface area contributed by atoms with E-state index in [1.165, 1.54) is 11.3 Å². The van der Waals surface area contributed by atoms with Gasteiger partial charge < -0.3 is 19.5 Å². The van der Waals surface area contributed by atoms with Crippen molar-refractivity contribution >= 4 is 45.0 Å². The average molecular weight is 498 g/mol. The van der Waals surface area contributed by atoms with Gasteiger partial charge in [-0.15, -0.1) is 11.3 Å². The first-order valence-corrected chi connectivity index (χ1v) is 11.7. The van der Waals surface area contributed by atoms with E-state index >= 15 is 0 Å². The Labute approximate surface area is 204 Å². The molecule has 4 aromatic rings. The lowest BCUT2D eigenvalue weighted by molar-refractivity contribution is -0.124. The maximum absolute atomic E-state index is 12.6. The molecule has 174 valence electrons. The molecule has 8 nitrogen and oxygen atoms in total. The summed E-state index contributed by atoms with van der Waals surface area (Å²) in [7, 11) is 0. The smallest absolute Gasteiger partial charge is 0.348 e. The van der Waals surface area contributed by atoms with Crippen LogP contribution in [0.5, 0.6) is 11.5 Å². The van der Waals surface area contributed by atoms with E-state index in [4.69, 9.17) is 25.8 Å². The Morgan fingerprint density at radius 2 is 2.00 bits per heavy atom. The Morgan fingerprint density at radius 1 is 1.18 bits per heavy atom. The van der Waals surface area contributed by atoms with Crippen LogP contribution < -0.4 is 14.8 Å². The number of hydrogen-bond donors (Lipinski definition) is 1. The van der Waals surface area contributed by atoms with Crippen LogP contribution in [0, 0.1) is 6.92 Å². The molecule has 0 atom stereocenters. The van der Waals surface area contributed by atoms with E-state index in [0.29, 0.717) is 27.9 Å². The van der Waals surface area contributed by atoms with Gasteiger partial charge in [-0.2, -0.15) is 5.10 Å². The van der Waals surface area contributed by atoms with Crippen LogP contribution in [0.15, 0.2) is 48.5 Å². The number of halogens is 1. The molecule has 0 bridgehead atoms. The Balaban J connectivity index is 1.20. The van der Waals surface area contributed by atoms with Gasteiger partial charge in [0.25, 0.3) is 5.91 Å². The zero-order chi connectivity index (χ0) is 23.7. The standard InChI is InChI=1S/C24H20ClN3O5S/c1-14-17-9-21(34-23(17)28(27-14)11-16-4-2-3-5-18(16)25)24(30)31-12-22(29)26-10-15-6-7-19-20(8-15)33-13-32-19/h2-9H,10-13H2,1H3,(H,26,29). The van der Waals surface area contributed by atoms with Gasteiger partial charge >= 0.3 is 5.97 Å². The number of fused-ring (bicyclic) bond motifs is 2. The number of hydrogen-bond acceptors (Lipinski definition) is 7. The predicted molar refractivity (Wildman–Crippen MR) is 128 cm³/mol. The number of carbonyl (C=O) groups is 2. The van der Waals surface area contributed by atoms with Crippen molar-refractivity contribution in [1.82, 2.24) is 15.1 Å². The number of esters is 1. The first kappa shape index (κ1) is 22.2. The van der Waals surface area contributed by atoms with Crippen molar-refractivity contribution in [2.24, 2.45) is 0 Å². The monoisotopic (exact) mass is 497 g/mol. The number of carbonyl (C=O) groups excluding carboxylic acids is 2. The summed E-state index contributed by atoms with van der Waals surface area (Å²) in [6.07, 6.45) is 0. The minimum atomic E-state index is -0.553. The number of thiophene rings is 1. The maximum Gasteiger partial charge on any atom is 0.348 e. The van der Waals surface area contributed by atoms with Crippen LogP contribution in [0.25, 0.3) is 10.2 Å². The highest BCUT2D eigenvalue weighted by Gasteiger charge is 2.19. The molecule has 0 saturated carbocycles. The molecule has 3 heterocycles. The number of rotatable bonds is 7. The van der Waals surface area contributed by atoms with E-state index in [9.17, 15) is 9.59 Å². The summed E-state index contributed by atoms with van der Waals surface area (Å²) >= 11 is 7.56. The van der Waals surface area contributed by atoms with Crippen LogP contribution in [0.3, 0.4) is 0 Å². The minimum absolute atomic E-state index is 0.191. The highest BCUT2D eigenvalue weighted by Crippen LogP contribution is 2.32. The van der Waals surface area contributed by atoms with E-state index < -0.39 is 11.9 Å². The fourth-order valence-corrected chi connectivity index (χ4v) is 4.86. The van der Waals surface area contributed by atoms with Gasteiger partial charge in [0.2, 0.25) is 6.79 Å². The zero-order valence-corrected chi connectivity index (χ0v) is 19.7. The number of benzene rings is 2. The van der Waals surface area contributed by atoms with Gasteiger partial charge in [-0.1, -0.05) is 35.9 Å². The normalized spacial score (nSPS) is 12.2. The van der Waals surface area contributed by atoms with E-state index in [1.54, 1.807) is 18.2 Å². The van der Waals surface area contributed by atoms with Crippen LogP contribution in [0.4, 0.5) is 0 Å². The molecule has 0 saturated heterocycles. The maximum atomic E-state index is 12.6. The lowest BCUT2D eigenvalue weighted by atomic mass is 10.2. The van der Waals surface area contributed by atoms with E-state index in [0.717, 1.165) is 27.0 Å². The lowest BCUT2D eigenvalue weighted by Crippen LogP contribution is -2.28. The third kappa shape index (κ3) is 4.57. The summed E-state index contributed by atoms with van der Waals surface area (Å²) in [6, 6.07) is 14.8. The van der Waals surface area contributed by atoms with Crippen molar-refractivity contribution in [3.8, 4) is 11.5 Å². The topological polar surface area (TPSA) is 91.7 Å². The fourth-order valence-electron chi connectivity index (χ4n) is 3.61. The zero-order valence-electron chi connectivity index (χ0n) is 18.2. The molecule has 0 radical (unpaired) electrons. The van der Waals surface area contributed by atoms with Crippen LogP contribution in [0.2, 0.25) is 5.02 Å².